The molecule has 2 rings (SSSR count). The third-order valence-electron chi connectivity index (χ3n) is 3.30. The fourth-order valence-electron chi connectivity index (χ4n) is 2.22. The highest BCUT2D eigenvalue weighted by Gasteiger charge is 2.16. The first-order valence-corrected chi connectivity index (χ1v) is 8.22. The summed E-state index contributed by atoms with van der Waals surface area (Å²) in [6.07, 6.45) is 2.84. The van der Waals surface area contributed by atoms with Crippen molar-refractivity contribution in [3.05, 3.63) is 57.0 Å². The van der Waals surface area contributed by atoms with Crippen LogP contribution < -0.4 is 5.32 Å². The maximum absolute atomic E-state index is 14.2. The third kappa shape index (κ3) is 4.05. The molecule has 0 saturated heterocycles. The van der Waals surface area contributed by atoms with Gasteiger partial charge in [-0.1, -0.05) is 30.7 Å². The minimum Gasteiger partial charge on any atom is -0.310 e. The van der Waals surface area contributed by atoms with Gasteiger partial charge in [-0.2, -0.15) is 11.3 Å². The van der Waals surface area contributed by atoms with Crippen LogP contribution in [-0.2, 0) is 6.42 Å². The molecule has 0 aliphatic carbocycles. The second kappa shape index (κ2) is 7.77. The molecule has 1 aromatic carbocycles. The van der Waals surface area contributed by atoms with Gasteiger partial charge >= 0.3 is 0 Å². The van der Waals surface area contributed by atoms with E-state index in [0.29, 0.717) is 5.56 Å². The predicted molar refractivity (Wildman–Crippen MR) is 85.1 cm³/mol. The lowest BCUT2D eigenvalue weighted by Crippen LogP contribution is -2.23. The Morgan fingerprint density at radius 3 is 2.90 bits per heavy atom. The fraction of sp³-hybridized carbons (Fsp3) is 0.375. The SMILES string of the molecule is CCCNC(CCc1ccsc1)c1cccc(Cl)c1F. The number of benzene rings is 1. The quantitative estimate of drug-likeness (QED) is 0.739. The van der Waals surface area contributed by atoms with Crippen molar-refractivity contribution in [2.24, 2.45) is 0 Å². The van der Waals surface area contributed by atoms with Gasteiger partial charge in [0.05, 0.1) is 5.02 Å². The summed E-state index contributed by atoms with van der Waals surface area (Å²) in [4.78, 5) is 0. The Balaban J connectivity index is 2.11. The Morgan fingerprint density at radius 2 is 2.20 bits per heavy atom. The van der Waals surface area contributed by atoms with Crippen molar-refractivity contribution >= 4 is 22.9 Å². The zero-order chi connectivity index (χ0) is 14.4. The van der Waals surface area contributed by atoms with Crippen LogP contribution in [-0.4, -0.2) is 6.54 Å². The maximum Gasteiger partial charge on any atom is 0.146 e. The maximum atomic E-state index is 14.2. The van der Waals surface area contributed by atoms with E-state index in [-0.39, 0.29) is 16.9 Å². The lowest BCUT2D eigenvalue weighted by molar-refractivity contribution is 0.474. The van der Waals surface area contributed by atoms with E-state index in [1.54, 1.807) is 17.4 Å². The Labute approximate surface area is 128 Å². The van der Waals surface area contributed by atoms with Gasteiger partial charge in [-0.05, 0) is 54.3 Å². The number of thiophene rings is 1. The minimum absolute atomic E-state index is 0.00792. The summed E-state index contributed by atoms with van der Waals surface area (Å²) < 4.78 is 14.2. The van der Waals surface area contributed by atoms with E-state index in [1.807, 2.05) is 12.1 Å². The normalized spacial score (nSPS) is 12.6. The van der Waals surface area contributed by atoms with Gasteiger partial charge in [0.25, 0.3) is 0 Å². The first kappa shape index (κ1) is 15.5. The van der Waals surface area contributed by atoms with Gasteiger partial charge in [0.15, 0.2) is 0 Å². The monoisotopic (exact) mass is 311 g/mol. The number of nitrogens with one attached hydrogen (secondary N) is 1. The van der Waals surface area contributed by atoms with Gasteiger partial charge in [-0.15, -0.1) is 0 Å². The van der Waals surface area contributed by atoms with Crippen molar-refractivity contribution < 1.29 is 4.39 Å². The van der Waals surface area contributed by atoms with Crippen molar-refractivity contribution in [1.82, 2.24) is 5.32 Å². The van der Waals surface area contributed by atoms with E-state index in [4.69, 9.17) is 11.6 Å². The van der Waals surface area contributed by atoms with Crippen LogP contribution in [0, 0.1) is 5.82 Å². The lowest BCUT2D eigenvalue weighted by Gasteiger charge is -2.20. The van der Waals surface area contributed by atoms with Gasteiger partial charge in [-0.25, -0.2) is 4.39 Å². The highest BCUT2D eigenvalue weighted by Crippen LogP contribution is 2.26. The lowest BCUT2D eigenvalue weighted by atomic mass is 9.99. The van der Waals surface area contributed by atoms with Crippen LogP contribution in [0.4, 0.5) is 4.39 Å². The van der Waals surface area contributed by atoms with Crippen molar-refractivity contribution in [2.45, 2.75) is 32.2 Å². The van der Waals surface area contributed by atoms with E-state index in [0.717, 1.165) is 25.8 Å². The molecule has 0 aliphatic rings. The summed E-state index contributed by atoms with van der Waals surface area (Å²) in [6.45, 7) is 2.98. The Kier molecular flexibility index (Phi) is 6.02. The average Bonchev–Trinajstić information content (AvgIpc) is 2.96. The van der Waals surface area contributed by atoms with Crippen molar-refractivity contribution in [1.29, 1.82) is 0 Å². The highest BCUT2D eigenvalue weighted by molar-refractivity contribution is 7.07. The molecule has 4 heteroatoms. The minimum atomic E-state index is -0.298. The first-order valence-electron chi connectivity index (χ1n) is 6.90. The summed E-state index contributed by atoms with van der Waals surface area (Å²) in [7, 11) is 0. The van der Waals surface area contributed by atoms with Crippen LogP contribution in [0.1, 0.15) is 36.9 Å². The zero-order valence-corrected chi connectivity index (χ0v) is 13.1. The molecule has 1 aromatic heterocycles. The molecule has 1 nitrogen and oxygen atoms in total. The number of rotatable bonds is 7. The van der Waals surface area contributed by atoms with Gasteiger partial charge in [0.2, 0.25) is 0 Å². The second-order valence-corrected chi connectivity index (χ2v) is 6.01. The van der Waals surface area contributed by atoms with Crippen LogP contribution in [0.15, 0.2) is 35.0 Å². The number of aryl methyl sites for hydroxylation is 1. The Hall–Kier alpha value is -0.900. The number of halogens is 2. The molecule has 20 heavy (non-hydrogen) atoms. The molecule has 0 bridgehead atoms. The highest BCUT2D eigenvalue weighted by atomic mass is 35.5. The van der Waals surface area contributed by atoms with E-state index in [1.165, 1.54) is 5.56 Å². The molecule has 0 radical (unpaired) electrons. The number of hydrogen-bond donors (Lipinski definition) is 1. The number of hydrogen-bond acceptors (Lipinski definition) is 2. The van der Waals surface area contributed by atoms with Crippen LogP contribution in [0.2, 0.25) is 5.02 Å². The molecular weight excluding hydrogens is 293 g/mol. The zero-order valence-electron chi connectivity index (χ0n) is 11.5. The van der Waals surface area contributed by atoms with Crippen LogP contribution >= 0.6 is 22.9 Å². The summed E-state index contributed by atoms with van der Waals surface area (Å²) in [5.74, 6) is -0.298. The summed E-state index contributed by atoms with van der Waals surface area (Å²) in [5, 5.41) is 7.83. The topological polar surface area (TPSA) is 12.0 Å². The molecule has 0 amide bonds. The summed E-state index contributed by atoms with van der Waals surface area (Å²) in [6, 6.07) is 7.36. The molecule has 0 aliphatic heterocycles. The summed E-state index contributed by atoms with van der Waals surface area (Å²) >= 11 is 7.59. The molecule has 1 atom stereocenters. The smallest absolute Gasteiger partial charge is 0.146 e. The van der Waals surface area contributed by atoms with E-state index in [2.05, 4.69) is 29.1 Å². The molecular formula is C16H19ClFNS. The van der Waals surface area contributed by atoms with Crippen molar-refractivity contribution in [3.63, 3.8) is 0 Å². The fourth-order valence-corrected chi connectivity index (χ4v) is 3.11. The molecule has 0 saturated carbocycles. The molecule has 1 N–H and O–H groups in total. The molecule has 1 unspecified atom stereocenters. The summed E-state index contributed by atoms with van der Waals surface area (Å²) in [5.41, 5.74) is 1.97. The molecule has 0 fully saturated rings. The van der Waals surface area contributed by atoms with E-state index in [9.17, 15) is 4.39 Å². The Bertz CT molecular complexity index is 527. The van der Waals surface area contributed by atoms with E-state index < -0.39 is 0 Å². The molecule has 1 heterocycles. The molecule has 108 valence electrons. The first-order chi connectivity index (χ1) is 9.72. The second-order valence-electron chi connectivity index (χ2n) is 4.82. The molecule has 2 aromatic rings. The average molecular weight is 312 g/mol. The van der Waals surface area contributed by atoms with Gasteiger partial charge in [0.1, 0.15) is 5.82 Å². The predicted octanol–water partition coefficient (Wildman–Crippen LogP) is 5.21. The van der Waals surface area contributed by atoms with Crippen LogP contribution in [0.5, 0.6) is 0 Å². The van der Waals surface area contributed by atoms with Gasteiger partial charge in [-0.3, -0.25) is 0 Å². The van der Waals surface area contributed by atoms with Gasteiger partial charge in [0, 0.05) is 11.6 Å². The van der Waals surface area contributed by atoms with Crippen LogP contribution in [0.3, 0.4) is 0 Å². The van der Waals surface area contributed by atoms with E-state index >= 15 is 0 Å². The van der Waals surface area contributed by atoms with Crippen molar-refractivity contribution in [3.8, 4) is 0 Å². The third-order valence-corrected chi connectivity index (χ3v) is 4.32. The Morgan fingerprint density at radius 1 is 1.35 bits per heavy atom. The van der Waals surface area contributed by atoms with Gasteiger partial charge < -0.3 is 5.32 Å². The van der Waals surface area contributed by atoms with Crippen molar-refractivity contribution in [2.75, 3.05) is 6.54 Å². The van der Waals surface area contributed by atoms with Crippen LogP contribution in [0.25, 0.3) is 0 Å². The largest absolute Gasteiger partial charge is 0.310 e. The standard InChI is InChI=1S/C16H19ClFNS/c1-2-9-19-15(7-6-12-8-10-20-11-12)13-4-3-5-14(17)16(13)18/h3-5,8,10-11,15,19H,2,6-7,9H2,1H3. The molecule has 0 spiro atoms.